The largest absolute Gasteiger partial charge is 0.345 e. The van der Waals surface area contributed by atoms with Gasteiger partial charge in [-0.3, -0.25) is 4.79 Å². The van der Waals surface area contributed by atoms with Crippen LogP contribution in [-0.2, 0) is 17.9 Å². The molecule has 0 spiro atoms. The molecule has 1 aromatic carbocycles. The van der Waals surface area contributed by atoms with Gasteiger partial charge in [-0.05, 0) is 61.4 Å². The van der Waals surface area contributed by atoms with Crippen LogP contribution in [0, 0.1) is 11.7 Å². The van der Waals surface area contributed by atoms with E-state index in [2.05, 4.69) is 29.8 Å². The van der Waals surface area contributed by atoms with Crippen LogP contribution in [0.3, 0.4) is 0 Å². The molecular formula is C31H45FN4O2. The van der Waals surface area contributed by atoms with Crippen LogP contribution < -0.4 is 5.32 Å². The highest BCUT2D eigenvalue weighted by Gasteiger charge is 2.30. The summed E-state index contributed by atoms with van der Waals surface area (Å²) in [5.41, 5.74) is 2.07. The Kier molecular flexibility index (Phi) is 10.2. The van der Waals surface area contributed by atoms with Crippen molar-refractivity contribution in [1.29, 1.82) is 0 Å². The van der Waals surface area contributed by atoms with E-state index in [4.69, 9.17) is 0 Å². The van der Waals surface area contributed by atoms with Gasteiger partial charge in [-0.1, -0.05) is 64.5 Å². The van der Waals surface area contributed by atoms with Crippen LogP contribution >= 0.6 is 0 Å². The van der Waals surface area contributed by atoms with Crippen molar-refractivity contribution < 1.29 is 14.0 Å². The molecule has 0 radical (unpaired) electrons. The maximum atomic E-state index is 13.9. The molecule has 2 aliphatic carbocycles. The summed E-state index contributed by atoms with van der Waals surface area (Å²) in [5.74, 6) is 0.0517. The van der Waals surface area contributed by atoms with Gasteiger partial charge >= 0.3 is 6.03 Å². The summed E-state index contributed by atoms with van der Waals surface area (Å²) in [6, 6.07) is 10.9. The maximum absolute atomic E-state index is 13.9. The van der Waals surface area contributed by atoms with Crippen molar-refractivity contribution in [3.05, 3.63) is 59.7 Å². The predicted octanol–water partition coefficient (Wildman–Crippen LogP) is 6.34. The molecule has 3 amide bonds. The van der Waals surface area contributed by atoms with Crippen molar-refractivity contribution in [2.75, 3.05) is 13.1 Å². The number of amides is 3. The van der Waals surface area contributed by atoms with Gasteiger partial charge in [-0.25, -0.2) is 9.18 Å². The average Bonchev–Trinajstić information content (AvgIpc) is 3.35. The number of urea groups is 1. The molecule has 0 aliphatic heterocycles. The molecule has 1 aromatic heterocycles. The molecular weight excluding hydrogens is 479 g/mol. The summed E-state index contributed by atoms with van der Waals surface area (Å²) in [7, 11) is 0. The van der Waals surface area contributed by atoms with Crippen LogP contribution in [0.5, 0.6) is 0 Å². The minimum Gasteiger partial charge on any atom is -0.345 e. The first-order chi connectivity index (χ1) is 18.4. The molecule has 0 saturated heterocycles. The molecule has 2 aromatic rings. The number of hydrogen-bond acceptors (Lipinski definition) is 2. The van der Waals surface area contributed by atoms with E-state index in [1.54, 1.807) is 17.0 Å². The second-order valence-electron chi connectivity index (χ2n) is 11.6. The lowest BCUT2D eigenvalue weighted by Crippen LogP contribution is -2.52. The van der Waals surface area contributed by atoms with Crippen LogP contribution in [0.1, 0.15) is 89.3 Å². The molecule has 38 heavy (non-hydrogen) atoms. The van der Waals surface area contributed by atoms with Crippen LogP contribution in [0.25, 0.3) is 0 Å². The van der Waals surface area contributed by atoms with Gasteiger partial charge in [-0.15, -0.1) is 0 Å². The summed E-state index contributed by atoms with van der Waals surface area (Å²) >= 11 is 0. The minimum atomic E-state index is -0.242. The van der Waals surface area contributed by atoms with Crippen LogP contribution in [-0.4, -0.2) is 51.5 Å². The van der Waals surface area contributed by atoms with Crippen molar-refractivity contribution in [3.63, 3.8) is 0 Å². The Morgan fingerprint density at radius 1 is 0.974 bits per heavy atom. The number of rotatable bonds is 10. The number of hydrogen-bond donors (Lipinski definition) is 1. The molecule has 208 valence electrons. The van der Waals surface area contributed by atoms with E-state index < -0.39 is 0 Å². The van der Waals surface area contributed by atoms with Crippen LogP contribution in [0.4, 0.5) is 9.18 Å². The van der Waals surface area contributed by atoms with Crippen LogP contribution in [0.15, 0.2) is 42.6 Å². The molecule has 0 atom stereocenters. The van der Waals surface area contributed by atoms with Gasteiger partial charge in [0.15, 0.2) is 0 Å². The van der Waals surface area contributed by atoms with Gasteiger partial charge in [0, 0.05) is 37.1 Å². The van der Waals surface area contributed by atoms with E-state index in [1.165, 1.54) is 25.0 Å². The Bertz CT molecular complexity index is 1020. The van der Waals surface area contributed by atoms with Gasteiger partial charge in [0.05, 0.1) is 6.54 Å². The molecule has 1 N–H and O–H groups in total. The van der Waals surface area contributed by atoms with E-state index in [0.717, 1.165) is 62.6 Å². The third kappa shape index (κ3) is 8.08. The minimum absolute atomic E-state index is 0.0193. The SMILES string of the molecule is CC(C)CN(CC(=O)N(Cc1cccn1Cc1ccc(F)cc1)C1CCCCC1)C(=O)NC1CCCCC1. The Labute approximate surface area is 227 Å². The summed E-state index contributed by atoms with van der Waals surface area (Å²) in [5, 5.41) is 3.22. The zero-order chi connectivity index (χ0) is 26.9. The van der Waals surface area contributed by atoms with E-state index in [9.17, 15) is 14.0 Å². The number of aromatic nitrogens is 1. The third-order valence-electron chi connectivity index (χ3n) is 7.99. The average molecular weight is 525 g/mol. The highest BCUT2D eigenvalue weighted by molar-refractivity contribution is 5.84. The first-order valence-electron chi connectivity index (χ1n) is 14.6. The third-order valence-corrected chi connectivity index (χ3v) is 7.99. The molecule has 1 heterocycles. The molecule has 2 fully saturated rings. The van der Waals surface area contributed by atoms with E-state index in [1.807, 2.05) is 17.2 Å². The fraction of sp³-hybridized carbons (Fsp3) is 0.613. The molecule has 4 rings (SSSR count). The van der Waals surface area contributed by atoms with Crippen molar-refractivity contribution in [2.45, 2.75) is 103 Å². The van der Waals surface area contributed by atoms with Crippen molar-refractivity contribution in [2.24, 2.45) is 5.92 Å². The normalized spacial score (nSPS) is 16.9. The predicted molar refractivity (Wildman–Crippen MR) is 149 cm³/mol. The molecule has 2 saturated carbocycles. The van der Waals surface area contributed by atoms with Gasteiger partial charge in [0.1, 0.15) is 12.4 Å². The van der Waals surface area contributed by atoms with Gasteiger partial charge in [-0.2, -0.15) is 0 Å². The molecule has 0 bridgehead atoms. The van der Waals surface area contributed by atoms with E-state index in [-0.39, 0.29) is 42.3 Å². The molecule has 6 nitrogen and oxygen atoms in total. The van der Waals surface area contributed by atoms with Crippen molar-refractivity contribution >= 4 is 11.9 Å². The first-order valence-corrected chi connectivity index (χ1v) is 14.6. The molecule has 7 heteroatoms. The molecule has 0 unspecified atom stereocenters. The number of halogens is 1. The van der Waals surface area contributed by atoms with E-state index in [0.29, 0.717) is 19.6 Å². The summed E-state index contributed by atoms with van der Waals surface area (Å²) < 4.78 is 15.5. The van der Waals surface area contributed by atoms with Gasteiger partial charge in [0.2, 0.25) is 5.91 Å². The summed E-state index contributed by atoms with van der Waals surface area (Å²) in [4.78, 5) is 31.0. The van der Waals surface area contributed by atoms with Gasteiger partial charge in [0.25, 0.3) is 0 Å². The number of carbonyl (C=O) groups is 2. The number of nitrogens with one attached hydrogen (secondary N) is 1. The Hall–Kier alpha value is -2.83. The van der Waals surface area contributed by atoms with Crippen molar-refractivity contribution in [3.8, 4) is 0 Å². The first kappa shape index (κ1) is 28.2. The fourth-order valence-corrected chi connectivity index (χ4v) is 5.95. The number of nitrogens with zero attached hydrogens (tertiary/aromatic N) is 3. The molecule has 2 aliphatic rings. The lowest BCUT2D eigenvalue weighted by Gasteiger charge is -2.37. The summed E-state index contributed by atoms with van der Waals surface area (Å²) in [6.45, 7) is 5.98. The number of benzene rings is 1. The smallest absolute Gasteiger partial charge is 0.318 e. The highest BCUT2D eigenvalue weighted by Crippen LogP contribution is 2.25. The topological polar surface area (TPSA) is 57.6 Å². The monoisotopic (exact) mass is 524 g/mol. The quantitative estimate of drug-likeness (QED) is 0.394. The van der Waals surface area contributed by atoms with E-state index >= 15 is 0 Å². The van der Waals surface area contributed by atoms with Crippen LogP contribution in [0.2, 0.25) is 0 Å². The Balaban J connectivity index is 1.48. The Morgan fingerprint density at radius 2 is 1.63 bits per heavy atom. The number of carbonyl (C=O) groups excluding carboxylic acids is 2. The lowest BCUT2D eigenvalue weighted by molar-refractivity contribution is -0.135. The lowest BCUT2D eigenvalue weighted by atomic mass is 9.94. The zero-order valence-electron chi connectivity index (χ0n) is 23.2. The Morgan fingerprint density at radius 3 is 2.29 bits per heavy atom. The van der Waals surface area contributed by atoms with Crippen molar-refractivity contribution in [1.82, 2.24) is 19.7 Å². The zero-order valence-corrected chi connectivity index (χ0v) is 23.2. The maximum Gasteiger partial charge on any atom is 0.318 e. The second kappa shape index (κ2) is 13.8. The summed E-state index contributed by atoms with van der Waals surface area (Å²) in [6.07, 6.45) is 13.1. The highest BCUT2D eigenvalue weighted by atomic mass is 19.1. The fourth-order valence-electron chi connectivity index (χ4n) is 5.95. The standard InChI is InChI=1S/C31H45FN4O2/c1-24(2)20-35(31(38)33-27-10-5-3-6-11-27)23-30(37)36(28-12-7-4-8-13-28)22-29-14-9-19-34(29)21-25-15-17-26(32)18-16-25/h9,14-19,24,27-28H,3-8,10-13,20-23H2,1-2H3,(H,33,38). The van der Waals surface area contributed by atoms with Gasteiger partial charge < -0.3 is 19.7 Å². The second-order valence-corrected chi connectivity index (χ2v) is 11.6.